The van der Waals surface area contributed by atoms with E-state index >= 15 is 0 Å². The minimum absolute atomic E-state index is 0.280. The van der Waals surface area contributed by atoms with Gasteiger partial charge in [-0.15, -0.1) is 0 Å². The molecular weight excluding hydrogens is 331 g/mol. The van der Waals surface area contributed by atoms with Crippen molar-refractivity contribution in [3.8, 4) is 11.6 Å². The van der Waals surface area contributed by atoms with E-state index < -0.39 is 0 Å². The number of nitrogens with zero attached hydrogens (tertiary/aromatic N) is 2. The normalized spacial score (nSPS) is 10.8. The quantitative estimate of drug-likeness (QED) is 0.510. The predicted octanol–water partition coefficient (Wildman–Crippen LogP) is 4.96. The summed E-state index contributed by atoms with van der Waals surface area (Å²) in [5, 5.41) is 0.586. The lowest BCUT2D eigenvalue weighted by Gasteiger charge is -2.09. The standard InChI is InChI=1S/C21H23FN2O2/c1-2-3-4-13-25-17-10-8-16(9-11-17)12-14-26-21-18-6-5-7-19(22)20(18)23-15-24-21/h5-11,15H,2-4,12-14H2,1H3. The molecule has 1 aromatic heterocycles. The molecule has 0 aliphatic rings. The van der Waals surface area contributed by atoms with E-state index in [1.165, 1.54) is 25.2 Å². The lowest BCUT2D eigenvalue weighted by Crippen LogP contribution is -2.04. The second-order valence-electron chi connectivity index (χ2n) is 6.11. The maximum absolute atomic E-state index is 13.8. The van der Waals surface area contributed by atoms with Crippen LogP contribution in [0, 0.1) is 5.82 Å². The highest BCUT2D eigenvalue weighted by Gasteiger charge is 2.08. The zero-order valence-corrected chi connectivity index (χ0v) is 15.0. The molecule has 0 bridgehead atoms. The van der Waals surface area contributed by atoms with Crippen LogP contribution in [0.2, 0.25) is 0 Å². The monoisotopic (exact) mass is 354 g/mol. The van der Waals surface area contributed by atoms with Crippen molar-refractivity contribution in [2.45, 2.75) is 32.6 Å². The Morgan fingerprint density at radius 2 is 1.77 bits per heavy atom. The van der Waals surface area contributed by atoms with E-state index in [9.17, 15) is 4.39 Å². The molecule has 3 aromatic rings. The first-order valence-electron chi connectivity index (χ1n) is 9.01. The van der Waals surface area contributed by atoms with E-state index in [2.05, 4.69) is 16.9 Å². The molecule has 0 saturated carbocycles. The maximum Gasteiger partial charge on any atom is 0.224 e. The van der Waals surface area contributed by atoms with Gasteiger partial charge in [-0.1, -0.05) is 38.0 Å². The summed E-state index contributed by atoms with van der Waals surface area (Å²) >= 11 is 0. The summed E-state index contributed by atoms with van der Waals surface area (Å²) < 4.78 is 25.2. The zero-order valence-electron chi connectivity index (χ0n) is 15.0. The summed E-state index contributed by atoms with van der Waals surface area (Å²) in [6.07, 6.45) is 5.52. The Labute approximate surface area is 153 Å². The molecule has 1 heterocycles. The number of para-hydroxylation sites is 1. The molecule has 0 aliphatic carbocycles. The highest BCUT2D eigenvalue weighted by molar-refractivity contribution is 5.83. The summed E-state index contributed by atoms with van der Waals surface area (Å²) in [4.78, 5) is 8.10. The number of rotatable bonds is 9. The summed E-state index contributed by atoms with van der Waals surface area (Å²) in [5.74, 6) is 0.928. The van der Waals surface area contributed by atoms with Crippen LogP contribution in [-0.4, -0.2) is 23.2 Å². The summed E-state index contributed by atoms with van der Waals surface area (Å²) in [5.41, 5.74) is 1.43. The molecule has 3 rings (SSSR count). The molecule has 26 heavy (non-hydrogen) atoms. The number of hydrogen-bond donors (Lipinski definition) is 0. The average Bonchev–Trinajstić information content (AvgIpc) is 2.67. The third-order valence-electron chi connectivity index (χ3n) is 4.15. The molecule has 2 aromatic carbocycles. The lowest BCUT2D eigenvalue weighted by molar-refractivity contribution is 0.305. The summed E-state index contributed by atoms with van der Waals surface area (Å²) in [6, 6.07) is 12.8. The Balaban J connectivity index is 1.53. The Bertz CT molecular complexity index is 837. The first-order valence-corrected chi connectivity index (χ1v) is 9.01. The molecule has 136 valence electrons. The van der Waals surface area contributed by atoms with Gasteiger partial charge in [0.15, 0.2) is 0 Å². The second kappa shape index (κ2) is 9.13. The Morgan fingerprint density at radius 1 is 0.923 bits per heavy atom. The van der Waals surface area contributed by atoms with Crippen LogP contribution >= 0.6 is 0 Å². The molecule has 0 radical (unpaired) electrons. The van der Waals surface area contributed by atoms with Crippen LogP contribution in [0.15, 0.2) is 48.8 Å². The smallest absolute Gasteiger partial charge is 0.224 e. The predicted molar refractivity (Wildman–Crippen MR) is 100 cm³/mol. The highest BCUT2D eigenvalue weighted by Crippen LogP contribution is 2.23. The van der Waals surface area contributed by atoms with Crippen molar-refractivity contribution in [2.24, 2.45) is 0 Å². The Morgan fingerprint density at radius 3 is 2.58 bits per heavy atom. The fraction of sp³-hybridized carbons (Fsp3) is 0.333. The van der Waals surface area contributed by atoms with Crippen molar-refractivity contribution < 1.29 is 13.9 Å². The van der Waals surface area contributed by atoms with Gasteiger partial charge >= 0.3 is 0 Å². The fourth-order valence-corrected chi connectivity index (χ4v) is 2.70. The van der Waals surface area contributed by atoms with Gasteiger partial charge in [-0.2, -0.15) is 0 Å². The molecule has 0 spiro atoms. The molecule has 0 unspecified atom stereocenters. The van der Waals surface area contributed by atoms with Gasteiger partial charge in [0.05, 0.1) is 18.6 Å². The molecule has 0 atom stereocenters. The Hall–Kier alpha value is -2.69. The van der Waals surface area contributed by atoms with Crippen LogP contribution in [0.25, 0.3) is 10.9 Å². The summed E-state index contributed by atoms with van der Waals surface area (Å²) in [7, 11) is 0. The van der Waals surface area contributed by atoms with E-state index in [1.54, 1.807) is 12.1 Å². The van der Waals surface area contributed by atoms with Crippen molar-refractivity contribution >= 4 is 10.9 Å². The van der Waals surface area contributed by atoms with Gasteiger partial charge in [-0.05, 0) is 36.2 Å². The molecule has 4 nitrogen and oxygen atoms in total. The zero-order chi connectivity index (χ0) is 18.2. The minimum atomic E-state index is -0.371. The van der Waals surface area contributed by atoms with Crippen LogP contribution < -0.4 is 9.47 Å². The van der Waals surface area contributed by atoms with E-state index in [4.69, 9.17) is 9.47 Å². The van der Waals surface area contributed by atoms with Crippen LogP contribution in [0.1, 0.15) is 31.7 Å². The summed E-state index contributed by atoms with van der Waals surface area (Å²) in [6.45, 7) is 3.39. The van der Waals surface area contributed by atoms with Gasteiger partial charge in [-0.25, -0.2) is 14.4 Å². The van der Waals surface area contributed by atoms with E-state index in [0.717, 1.165) is 30.8 Å². The van der Waals surface area contributed by atoms with Gasteiger partial charge in [0.25, 0.3) is 0 Å². The molecule has 0 saturated heterocycles. The fourth-order valence-electron chi connectivity index (χ4n) is 2.70. The van der Waals surface area contributed by atoms with Crippen LogP contribution in [0.4, 0.5) is 4.39 Å². The van der Waals surface area contributed by atoms with E-state index in [0.29, 0.717) is 17.9 Å². The van der Waals surface area contributed by atoms with Crippen molar-refractivity contribution in [1.29, 1.82) is 0 Å². The van der Waals surface area contributed by atoms with E-state index in [-0.39, 0.29) is 11.3 Å². The number of fused-ring (bicyclic) bond motifs is 1. The third kappa shape index (κ3) is 4.69. The molecule has 0 N–H and O–H groups in total. The SMILES string of the molecule is CCCCCOc1ccc(CCOc2ncnc3c(F)cccc23)cc1. The largest absolute Gasteiger partial charge is 0.494 e. The van der Waals surface area contributed by atoms with Crippen LogP contribution in [0.5, 0.6) is 11.6 Å². The maximum atomic E-state index is 13.8. The van der Waals surface area contributed by atoms with Crippen molar-refractivity contribution in [1.82, 2.24) is 9.97 Å². The number of unbranched alkanes of at least 4 members (excludes halogenated alkanes) is 2. The molecule has 5 heteroatoms. The van der Waals surface area contributed by atoms with Crippen LogP contribution in [-0.2, 0) is 6.42 Å². The molecule has 0 amide bonds. The van der Waals surface area contributed by atoms with E-state index in [1.807, 2.05) is 24.3 Å². The number of ether oxygens (including phenoxy) is 2. The molecular formula is C21H23FN2O2. The van der Waals surface area contributed by atoms with Gasteiger partial charge in [0.1, 0.15) is 23.4 Å². The number of hydrogen-bond acceptors (Lipinski definition) is 4. The van der Waals surface area contributed by atoms with Crippen molar-refractivity contribution in [2.75, 3.05) is 13.2 Å². The Kier molecular flexibility index (Phi) is 6.36. The topological polar surface area (TPSA) is 44.2 Å². The second-order valence-corrected chi connectivity index (χ2v) is 6.11. The third-order valence-corrected chi connectivity index (χ3v) is 4.15. The first-order chi connectivity index (χ1) is 12.8. The van der Waals surface area contributed by atoms with Crippen LogP contribution in [0.3, 0.4) is 0 Å². The van der Waals surface area contributed by atoms with Crippen molar-refractivity contribution in [3.05, 3.63) is 60.2 Å². The van der Waals surface area contributed by atoms with Gasteiger partial charge < -0.3 is 9.47 Å². The van der Waals surface area contributed by atoms with Gasteiger partial charge in [0.2, 0.25) is 5.88 Å². The molecule has 0 fully saturated rings. The molecule has 0 aliphatic heterocycles. The van der Waals surface area contributed by atoms with Gasteiger partial charge in [-0.3, -0.25) is 0 Å². The average molecular weight is 354 g/mol. The lowest BCUT2D eigenvalue weighted by atomic mass is 10.1. The minimum Gasteiger partial charge on any atom is -0.494 e. The van der Waals surface area contributed by atoms with Gasteiger partial charge in [0, 0.05) is 6.42 Å². The first kappa shape index (κ1) is 18.1. The number of benzene rings is 2. The highest BCUT2D eigenvalue weighted by atomic mass is 19.1. The van der Waals surface area contributed by atoms with Crippen molar-refractivity contribution in [3.63, 3.8) is 0 Å². The number of aromatic nitrogens is 2. The number of halogens is 1.